The summed E-state index contributed by atoms with van der Waals surface area (Å²) in [6.07, 6.45) is 4.24. The molecule has 258 valence electrons. The lowest BCUT2D eigenvalue weighted by Crippen LogP contribution is -2.47. The van der Waals surface area contributed by atoms with Crippen LogP contribution in [0.25, 0.3) is 21.8 Å². The van der Waals surface area contributed by atoms with Crippen LogP contribution in [0.3, 0.4) is 0 Å². The van der Waals surface area contributed by atoms with E-state index in [9.17, 15) is 4.79 Å². The van der Waals surface area contributed by atoms with E-state index in [1.54, 1.807) is 0 Å². The van der Waals surface area contributed by atoms with E-state index in [1.165, 1.54) is 21.8 Å². The van der Waals surface area contributed by atoms with Crippen molar-refractivity contribution in [1.29, 1.82) is 0 Å². The summed E-state index contributed by atoms with van der Waals surface area (Å²) >= 11 is 3.92. The molecule has 0 saturated carbocycles. The van der Waals surface area contributed by atoms with Crippen LogP contribution in [0.1, 0.15) is 55.5 Å². The number of fused-ring (bicyclic) bond motifs is 3. The summed E-state index contributed by atoms with van der Waals surface area (Å²) in [4.78, 5) is 20.9. The number of likely N-dealkylation sites (tertiary alicyclic amines) is 1. The molecule has 0 bridgehead atoms. The summed E-state index contributed by atoms with van der Waals surface area (Å²) in [7, 11) is 0. The second-order valence-electron chi connectivity index (χ2n) is 13.1. The van der Waals surface area contributed by atoms with Gasteiger partial charge in [0.25, 0.3) is 5.91 Å². The van der Waals surface area contributed by atoms with E-state index in [0.29, 0.717) is 22.4 Å². The van der Waals surface area contributed by atoms with Gasteiger partial charge in [0.05, 0.1) is 22.8 Å². The summed E-state index contributed by atoms with van der Waals surface area (Å²) in [5.74, 6) is 2.97. The van der Waals surface area contributed by atoms with E-state index in [1.807, 2.05) is 42.6 Å². The maximum Gasteiger partial charge on any atom is 0.256 e. The van der Waals surface area contributed by atoms with Crippen LogP contribution in [-0.4, -0.2) is 99.7 Å². The number of nitrogens with two attached hydrogens (primary N) is 1. The van der Waals surface area contributed by atoms with Crippen LogP contribution in [0.5, 0.6) is 5.75 Å². The largest absolute Gasteiger partial charge is 0.493 e. The smallest absolute Gasteiger partial charge is 0.256 e. The van der Waals surface area contributed by atoms with Crippen molar-refractivity contribution < 1.29 is 9.53 Å². The SMILES string of the molecule is CCSC(SCC)[C@@H]1CCCN1C(=O)c1cc(C)c(OCCCN2CCN(CCCn3c4ccccc4c4ccccc43)CC2)cc1N. The fraction of sp³-hybridized carbons (Fsp3) is 0.513. The van der Waals surface area contributed by atoms with Gasteiger partial charge in [0, 0.05) is 79.4 Å². The number of nitrogens with zero attached hydrogens (tertiary/aromatic N) is 4. The minimum atomic E-state index is 0.0638. The Bertz CT molecular complexity index is 1610. The Hall–Kier alpha value is -2.85. The number of nitrogen functional groups attached to an aromatic ring is 1. The molecule has 0 radical (unpaired) electrons. The van der Waals surface area contributed by atoms with E-state index < -0.39 is 0 Å². The lowest BCUT2D eigenvalue weighted by molar-refractivity contribution is 0.0747. The summed E-state index contributed by atoms with van der Waals surface area (Å²) in [5.41, 5.74) is 11.3. The van der Waals surface area contributed by atoms with Gasteiger partial charge in [-0.15, -0.1) is 23.5 Å². The van der Waals surface area contributed by atoms with Gasteiger partial charge in [-0.25, -0.2) is 0 Å². The molecule has 0 aliphatic carbocycles. The molecule has 3 heterocycles. The number of piperazine rings is 1. The first kappa shape index (κ1) is 35.0. The minimum Gasteiger partial charge on any atom is -0.493 e. The van der Waals surface area contributed by atoms with Crippen LogP contribution in [-0.2, 0) is 6.54 Å². The van der Waals surface area contributed by atoms with Crippen molar-refractivity contribution in [3.8, 4) is 5.75 Å². The monoisotopic (exact) mass is 687 g/mol. The molecular formula is C39H53N5O2S2. The number of hydrogen-bond acceptors (Lipinski definition) is 7. The second kappa shape index (κ2) is 16.7. The number of carbonyl (C=O) groups is 1. The van der Waals surface area contributed by atoms with Crippen LogP contribution >= 0.6 is 23.5 Å². The summed E-state index contributed by atoms with van der Waals surface area (Å²) in [6.45, 7) is 15.5. The zero-order chi connectivity index (χ0) is 33.5. The van der Waals surface area contributed by atoms with Crippen LogP contribution in [0.4, 0.5) is 5.69 Å². The first-order valence-corrected chi connectivity index (χ1v) is 20.1. The maximum atomic E-state index is 13.7. The number of anilines is 1. The van der Waals surface area contributed by atoms with Crippen molar-refractivity contribution in [2.45, 2.75) is 63.6 Å². The lowest BCUT2D eigenvalue weighted by Gasteiger charge is -2.34. The van der Waals surface area contributed by atoms with Crippen LogP contribution in [0.2, 0.25) is 0 Å². The molecule has 0 unspecified atom stereocenters. The molecule has 2 aliphatic heterocycles. The molecule has 3 aromatic carbocycles. The van der Waals surface area contributed by atoms with Crippen LogP contribution in [0, 0.1) is 6.92 Å². The first-order chi connectivity index (χ1) is 23.5. The quantitative estimate of drug-likeness (QED) is 0.0785. The molecule has 0 spiro atoms. The normalized spacial score (nSPS) is 17.7. The van der Waals surface area contributed by atoms with Gasteiger partial charge in [-0.1, -0.05) is 50.2 Å². The molecule has 1 atom stereocenters. The number of aryl methyl sites for hydroxylation is 2. The van der Waals surface area contributed by atoms with Gasteiger partial charge >= 0.3 is 0 Å². The predicted molar refractivity (Wildman–Crippen MR) is 207 cm³/mol. The third-order valence-corrected chi connectivity index (χ3v) is 12.8. The molecule has 2 N–H and O–H groups in total. The van der Waals surface area contributed by atoms with Crippen molar-refractivity contribution in [2.24, 2.45) is 0 Å². The number of carbonyl (C=O) groups excluding carboxylic acids is 1. The zero-order valence-corrected chi connectivity index (χ0v) is 30.7. The average Bonchev–Trinajstić information content (AvgIpc) is 3.72. The number of aromatic nitrogens is 1. The number of thioether (sulfide) groups is 2. The number of benzene rings is 3. The molecule has 1 aromatic heterocycles. The highest BCUT2D eigenvalue weighted by Gasteiger charge is 2.36. The second-order valence-corrected chi connectivity index (χ2v) is 16.3. The number of hydrogen-bond donors (Lipinski definition) is 1. The van der Waals surface area contributed by atoms with Gasteiger partial charge in [-0.3, -0.25) is 4.79 Å². The molecule has 1 amide bonds. The molecule has 9 heteroatoms. The van der Waals surface area contributed by atoms with Gasteiger partial charge in [-0.2, -0.15) is 0 Å². The molecule has 4 aromatic rings. The highest BCUT2D eigenvalue weighted by molar-refractivity contribution is 8.17. The highest BCUT2D eigenvalue weighted by atomic mass is 32.2. The summed E-state index contributed by atoms with van der Waals surface area (Å²) < 4.78 is 9.13. The summed E-state index contributed by atoms with van der Waals surface area (Å²) in [6, 6.07) is 21.6. The van der Waals surface area contributed by atoms with Gasteiger partial charge in [0.2, 0.25) is 0 Å². The number of para-hydroxylation sites is 2. The number of amides is 1. The van der Waals surface area contributed by atoms with Crippen molar-refractivity contribution >= 4 is 56.9 Å². The predicted octanol–water partition coefficient (Wildman–Crippen LogP) is 7.60. The van der Waals surface area contributed by atoms with Gasteiger partial charge in [0.1, 0.15) is 5.75 Å². The topological polar surface area (TPSA) is 67.0 Å². The van der Waals surface area contributed by atoms with Crippen molar-refractivity contribution in [2.75, 3.05) is 69.7 Å². The third-order valence-electron chi connectivity index (χ3n) is 9.99. The number of ether oxygens (including phenoxy) is 1. The Labute approximate surface area is 295 Å². The Balaban J connectivity index is 0.932. The van der Waals surface area contributed by atoms with E-state index >= 15 is 0 Å². The lowest BCUT2D eigenvalue weighted by atomic mass is 10.1. The van der Waals surface area contributed by atoms with E-state index in [-0.39, 0.29) is 11.9 Å². The van der Waals surface area contributed by atoms with E-state index in [4.69, 9.17) is 10.5 Å². The minimum absolute atomic E-state index is 0.0638. The first-order valence-electron chi connectivity index (χ1n) is 18.0. The molecule has 7 nitrogen and oxygen atoms in total. The van der Waals surface area contributed by atoms with Crippen molar-refractivity contribution in [1.82, 2.24) is 19.3 Å². The van der Waals surface area contributed by atoms with Gasteiger partial charge < -0.3 is 29.7 Å². The fourth-order valence-corrected chi connectivity index (χ4v) is 10.4. The Morgan fingerprint density at radius 2 is 1.46 bits per heavy atom. The third kappa shape index (κ3) is 7.96. The van der Waals surface area contributed by atoms with E-state index in [0.717, 1.165) is 101 Å². The van der Waals surface area contributed by atoms with Crippen LogP contribution < -0.4 is 10.5 Å². The molecular weight excluding hydrogens is 635 g/mol. The Morgan fingerprint density at radius 1 is 0.854 bits per heavy atom. The molecule has 48 heavy (non-hydrogen) atoms. The average molecular weight is 688 g/mol. The van der Waals surface area contributed by atoms with Gasteiger partial charge in [0.15, 0.2) is 0 Å². The highest BCUT2D eigenvalue weighted by Crippen LogP contribution is 2.37. The molecule has 2 saturated heterocycles. The standard InChI is InChI=1S/C39H53N5O2S2/c1-4-47-39(48-5-2)36-17-10-20-44(36)38(45)32-27-29(3)37(28-33(32)40)46-26-12-19-42-24-22-41(23-25-42)18-11-21-43-34-15-8-6-13-30(34)31-14-7-9-16-35(31)43/h6-9,13-16,27-28,36,39H,4-5,10-12,17-26,40H2,1-3H3/t36-/m0/s1. The van der Waals surface area contributed by atoms with Gasteiger partial charge in [-0.05, 0) is 74.4 Å². The zero-order valence-electron chi connectivity index (χ0n) is 29.0. The molecule has 2 aliphatic rings. The number of rotatable bonds is 15. The van der Waals surface area contributed by atoms with Crippen molar-refractivity contribution in [3.05, 3.63) is 71.8 Å². The maximum absolute atomic E-state index is 13.7. The Kier molecular flexibility index (Phi) is 12.2. The van der Waals surface area contributed by atoms with E-state index in [2.05, 4.69) is 81.6 Å². The molecule has 2 fully saturated rings. The Morgan fingerprint density at radius 3 is 2.08 bits per heavy atom. The summed E-state index contributed by atoms with van der Waals surface area (Å²) in [5, 5.41) is 2.70. The molecule has 6 rings (SSSR count). The van der Waals surface area contributed by atoms with Crippen molar-refractivity contribution in [3.63, 3.8) is 0 Å². The fourth-order valence-electron chi connectivity index (χ4n) is 7.53. The van der Waals surface area contributed by atoms with Crippen LogP contribution in [0.15, 0.2) is 60.7 Å².